The highest BCUT2D eigenvalue weighted by molar-refractivity contribution is 6.25. The predicted octanol–water partition coefficient (Wildman–Crippen LogP) is -0.405. The van der Waals surface area contributed by atoms with Crippen molar-refractivity contribution >= 4 is 17.7 Å². The number of benzene rings is 1. The highest BCUT2D eigenvalue weighted by atomic mass is 16.5. The molecule has 0 radical (unpaired) electrons. The van der Waals surface area contributed by atoms with E-state index < -0.39 is 23.6 Å². The van der Waals surface area contributed by atoms with E-state index in [9.17, 15) is 19.5 Å². The number of carbonyl (C=O) groups excluding carboxylic acids is 3. The maximum atomic E-state index is 11.7. The van der Waals surface area contributed by atoms with Crippen molar-refractivity contribution in [1.29, 1.82) is 0 Å². The molecule has 1 aromatic carbocycles. The lowest BCUT2D eigenvalue weighted by atomic mass is 9.94. The molecule has 0 saturated carbocycles. The van der Waals surface area contributed by atoms with Crippen LogP contribution >= 0.6 is 0 Å². The molecule has 0 aliphatic carbocycles. The van der Waals surface area contributed by atoms with Crippen LogP contribution < -0.4 is 10.5 Å². The van der Waals surface area contributed by atoms with E-state index in [1.807, 2.05) is 0 Å². The fraction of sp³-hybridized carbons (Fsp3) is 0.100. The summed E-state index contributed by atoms with van der Waals surface area (Å²) in [7, 11) is 0. The zero-order chi connectivity index (χ0) is 11.9. The van der Waals surface area contributed by atoms with Crippen molar-refractivity contribution in [2.45, 2.75) is 0 Å². The van der Waals surface area contributed by atoms with Gasteiger partial charge in [-0.1, -0.05) is 6.07 Å². The van der Waals surface area contributed by atoms with Gasteiger partial charge in [0.1, 0.15) is 0 Å². The Bertz CT molecular complexity index is 508. The number of fused-ring (bicyclic) bond motifs is 1. The molecule has 1 heterocycles. The summed E-state index contributed by atoms with van der Waals surface area (Å²) >= 11 is 0. The number of aromatic hydroxyl groups is 1. The molecule has 1 unspecified atom stereocenters. The Hall–Kier alpha value is -2.37. The summed E-state index contributed by atoms with van der Waals surface area (Å²) in [5.74, 6) is -5.07. The Labute approximate surface area is 89.6 Å². The molecule has 82 valence electrons. The quantitative estimate of drug-likeness (QED) is 0.381. The largest absolute Gasteiger partial charge is 0.504 e. The van der Waals surface area contributed by atoms with Crippen molar-refractivity contribution in [1.82, 2.24) is 0 Å². The molecule has 6 heteroatoms. The first-order chi connectivity index (χ1) is 7.52. The van der Waals surface area contributed by atoms with Crippen molar-refractivity contribution < 1.29 is 24.2 Å². The lowest BCUT2D eigenvalue weighted by Crippen LogP contribution is -2.42. The van der Waals surface area contributed by atoms with Crippen molar-refractivity contribution in [3.05, 3.63) is 23.8 Å². The molecule has 1 amide bonds. The Morgan fingerprint density at radius 1 is 1.38 bits per heavy atom. The number of primary amides is 1. The zero-order valence-corrected chi connectivity index (χ0v) is 7.97. The van der Waals surface area contributed by atoms with Crippen LogP contribution in [0.25, 0.3) is 0 Å². The molecule has 1 aliphatic heterocycles. The van der Waals surface area contributed by atoms with Crippen LogP contribution in [0.4, 0.5) is 0 Å². The third-order valence-electron chi connectivity index (χ3n) is 2.24. The fourth-order valence-electron chi connectivity index (χ4n) is 1.49. The van der Waals surface area contributed by atoms with E-state index in [2.05, 4.69) is 0 Å². The minimum atomic E-state index is -1.63. The highest BCUT2D eigenvalue weighted by Crippen LogP contribution is 2.35. The van der Waals surface area contributed by atoms with Gasteiger partial charge >= 0.3 is 5.97 Å². The number of esters is 1. The second kappa shape index (κ2) is 3.34. The maximum absolute atomic E-state index is 11.7. The normalized spacial score (nSPS) is 18.9. The molecular formula is C10H7NO5. The molecule has 2 rings (SSSR count). The summed E-state index contributed by atoms with van der Waals surface area (Å²) < 4.78 is 4.70. The summed E-state index contributed by atoms with van der Waals surface area (Å²) in [6.07, 6.45) is 0. The second-order valence-electron chi connectivity index (χ2n) is 3.27. The number of carbonyl (C=O) groups is 3. The number of rotatable bonds is 1. The van der Waals surface area contributed by atoms with Crippen LogP contribution in [0.3, 0.4) is 0 Å². The molecule has 1 aromatic rings. The first kappa shape index (κ1) is 10.2. The molecule has 3 N–H and O–H groups in total. The SMILES string of the molecule is NC(=O)C1C(=O)Oc2c(O)cccc2C1=O. The Kier molecular flexibility index (Phi) is 2.12. The number of hydrogen-bond donors (Lipinski definition) is 2. The third-order valence-corrected chi connectivity index (χ3v) is 2.24. The number of ether oxygens (including phenoxy) is 1. The van der Waals surface area contributed by atoms with Gasteiger partial charge in [-0.25, -0.2) is 0 Å². The van der Waals surface area contributed by atoms with Crippen molar-refractivity contribution in [3.63, 3.8) is 0 Å². The number of amides is 1. The lowest BCUT2D eigenvalue weighted by Gasteiger charge is -2.20. The van der Waals surface area contributed by atoms with E-state index >= 15 is 0 Å². The Balaban J connectivity index is 2.58. The van der Waals surface area contributed by atoms with Gasteiger partial charge in [-0.05, 0) is 12.1 Å². The van der Waals surface area contributed by atoms with Gasteiger partial charge in [0.2, 0.25) is 5.91 Å². The van der Waals surface area contributed by atoms with Gasteiger partial charge < -0.3 is 15.6 Å². The fourth-order valence-corrected chi connectivity index (χ4v) is 1.49. The van der Waals surface area contributed by atoms with Crippen LogP contribution in [-0.2, 0) is 9.59 Å². The van der Waals surface area contributed by atoms with E-state index in [-0.39, 0.29) is 17.1 Å². The summed E-state index contributed by atoms with van der Waals surface area (Å²) in [5, 5.41) is 9.37. The van der Waals surface area contributed by atoms with Crippen LogP contribution in [0, 0.1) is 5.92 Å². The molecule has 0 fully saturated rings. The highest BCUT2D eigenvalue weighted by Gasteiger charge is 2.41. The average molecular weight is 221 g/mol. The smallest absolute Gasteiger partial charge is 0.332 e. The van der Waals surface area contributed by atoms with E-state index in [1.54, 1.807) is 0 Å². The first-order valence-corrected chi connectivity index (χ1v) is 4.39. The van der Waals surface area contributed by atoms with Crippen molar-refractivity contribution in [2.75, 3.05) is 0 Å². The maximum Gasteiger partial charge on any atom is 0.332 e. The molecule has 16 heavy (non-hydrogen) atoms. The first-order valence-electron chi connectivity index (χ1n) is 4.39. The topological polar surface area (TPSA) is 107 Å². The van der Waals surface area contributed by atoms with Gasteiger partial charge in [0, 0.05) is 0 Å². The number of phenols is 1. The molecule has 0 bridgehead atoms. The lowest BCUT2D eigenvalue weighted by molar-refractivity contribution is -0.142. The monoisotopic (exact) mass is 221 g/mol. The third kappa shape index (κ3) is 1.31. The molecule has 6 nitrogen and oxygen atoms in total. The van der Waals surface area contributed by atoms with E-state index in [0.717, 1.165) is 0 Å². The van der Waals surface area contributed by atoms with Crippen LogP contribution in [0.15, 0.2) is 18.2 Å². The van der Waals surface area contributed by atoms with Gasteiger partial charge in [-0.15, -0.1) is 0 Å². The summed E-state index contributed by atoms with van der Waals surface area (Å²) in [6, 6.07) is 4.02. The van der Waals surface area contributed by atoms with Gasteiger partial charge in [-0.3, -0.25) is 14.4 Å². The van der Waals surface area contributed by atoms with Crippen LogP contribution in [-0.4, -0.2) is 22.8 Å². The number of ketones is 1. The number of para-hydroxylation sites is 1. The molecule has 1 atom stereocenters. The minimum absolute atomic E-state index is 0.0246. The van der Waals surface area contributed by atoms with E-state index in [4.69, 9.17) is 10.5 Å². The Morgan fingerprint density at radius 3 is 2.69 bits per heavy atom. The molecule has 0 aromatic heterocycles. The van der Waals surface area contributed by atoms with Crippen LogP contribution in [0.1, 0.15) is 10.4 Å². The van der Waals surface area contributed by atoms with Crippen molar-refractivity contribution in [3.8, 4) is 11.5 Å². The van der Waals surface area contributed by atoms with Gasteiger partial charge in [0.15, 0.2) is 23.2 Å². The van der Waals surface area contributed by atoms with E-state index in [0.29, 0.717) is 0 Å². The number of hydrogen-bond acceptors (Lipinski definition) is 5. The summed E-state index contributed by atoms with van der Waals surface area (Å²) in [5.41, 5.74) is 4.90. The van der Waals surface area contributed by atoms with Gasteiger partial charge in [0.25, 0.3) is 0 Å². The Morgan fingerprint density at radius 2 is 2.06 bits per heavy atom. The molecule has 1 aliphatic rings. The standard InChI is InChI=1S/C10H7NO5/c11-9(14)6-7(13)4-2-1-3-5(12)8(4)16-10(6)15/h1-3,6,12H,(H2,11,14). The summed E-state index contributed by atoms with van der Waals surface area (Å²) in [4.78, 5) is 33.9. The van der Waals surface area contributed by atoms with Crippen LogP contribution in [0.5, 0.6) is 11.5 Å². The zero-order valence-electron chi connectivity index (χ0n) is 7.97. The molecule has 0 spiro atoms. The average Bonchev–Trinajstić information content (AvgIpc) is 2.19. The second-order valence-corrected chi connectivity index (χ2v) is 3.27. The van der Waals surface area contributed by atoms with Gasteiger partial charge in [0.05, 0.1) is 5.56 Å². The number of Topliss-reactive ketones (excluding diaryl/α,β-unsaturated/α-hetero) is 1. The number of phenolic OH excluding ortho intramolecular Hbond substituents is 1. The molecule has 0 saturated heterocycles. The van der Waals surface area contributed by atoms with Crippen molar-refractivity contribution in [2.24, 2.45) is 11.7 Å². The van der Waals surface area contributed by atoms with E-state index in [1.165, 1.54) is 18.2 Å². The van der Waals surface area contributed by atoms with Gasteiger partial charge in [-0.2, -0.15) is 0 Å². The van der Waals surface area contributed by atoms with Crippen LogP contribution in [0.2, 0.25) is 0 Å². The minimum Gasteiger partial charge on any atom is -0.504 e. The predicted molar refractivity (Wildman–Crippen MR) is 50.8 cm³/mol. The molecular weight excluding hydrogens is 214 g/mol. The summed E-state index contributed by atoms with van der Waals surface area (Å²) in [6.45, 7) is 0. The number of nitrogens with two attached hydrogens (primary N) is 1.